The Balaban J connectivity index is 2.38. The van der Waals surface area contributed by atoms with E-state index < -0.39 is 11.9 Å². The van der Waals surface area contributed by atoms with E-state index in [9.17, 15) is 9.59 Å². The van der Waals surface area contributed by atoms with Gasteiger partial charge in [0.05, 0.1) is 19.9 Å². The van der Waals surface area contributed by atoms with Crippen molar-refractivity contribution < 1.29 is 19.1 Å². The highest BCUT2D eigenvalue weighted by molar-refractivity contribution is 9.10. The predicted molar refractivity (Wildman–Crippen MR) is 104 cm³/mol. The van der Waals surface area contributed by atoms with Gasteiger partial charge in [0.1, 0.15) is 11.3 Å². The van der Waals surface area contributed by atoms with Crippen LogP contribution >= 0.6 is 15.9 Å². The molecule has 0 saturated carbocycles. The van der Waals surface area contributed by atoms with E-state index in [4.69, 9.17) is 9.47 Å². The molecule has 0 atom stereocenters. The average Bonchev–Trinajstić information content (AvgIpc) is 3.07. The van der Waals surface area contributed by atoms with Crippen molar-refractivity contribution in [3.05, 3.63) is 69.8 Å². The summed E-state index contributed by atoms with van der Waals surface area (Å²) in [6.45, 7) is 1.90. The number of benzene rings is 2. The quantitative estimate of drug-likeness (QED) is 0.582. The molecule has 0 spiro atoms. The van der Waals surface area contributed by atoms with Gasteiger partial charge < -0.3 is 9.47 Å². The van der Waals surface area contributed by atoms with Crippen LogP contribution < -0.4 is 0 Å². The highest BCUT2D eigenvalue weighted by Gasteiger charge is 2.31. The molecule has 6 nitrogen and oxygen atoms in total. The standard InChI is InChI=1S/C20H17BrN2O4/c1-12-11-13(21)9-10-15(12)17-16(19(24)26-2)18(20(25)27-3)23(22-17)14-7-5-4-6-8-14/h4-11H,1-3H3. The summed E-state index contributed by atoms with van der Waals surface area (Å²) < 4.78 is 12.2. The molecular formula is C20H17BrN2O4. The lowest BCUT2D eigenvalue weighted by Crippen LogP contribution is -2.15. The zero-order valence-electron chi connectivity index (χ0n) is 15.0. The number of methoxy groups -OCH3 is 2. The van der Waals surface area contributed by atoms with Crippen molar-refractivity contribution in [2.75, 3.05) is 14.2 Å². The maximum atomic E-state index is 12.6. The first-order valence-corrected chi connectivity index (χ1v) is 8.88. The van der Waals surface area contributed by atoms with Crippen molar-refractivity contribution in [3.63, 3.8) is 0 Å². The Morgan fingerprint density at radius 3 is 2.26 bits per heavy atom. The first kappa shape index (κ1) is 18.8. The molecule has 1 aromatic heterocycles. The van der Waals surface area contributed by atoms with Gasteiger partial charge in [-0.15, -0.1) is 0 Å². The van der Waals surface area contributed by atoms with E-state index in [-0.39, 0.29) is 11.3 Å². The van der Waals surface area contributed by atoms with Crippen LogP contribution in [0.15, 0.2) is 53.0 Å². The number of hydrogen-bond acceptors (Lipinski definition) is 5. The normalized spacial score (nSPS) is 10.5. The number of esters is 2. The highest BCUT2D eigenvalue weighted by Crippen LogP contribution is 2.32. The Bertz CT molecular complexity index is 1010. The number of nitrogens with zero attached hydrogens (tertiary/aromatic N) is 2. The third-order valence-corrected chi connectivity index (χ3v) is 4.59. The van der Waals surface area contributed by atoms with Crippen LogP contribution in [0.3, 0.4) is 0 Å². The predicted octanol–water partition coefficient (Wildman–Crippen LogP) is 4.18. The first-order valence-electron chi connectivity index (χ1n) is 8.09. The van der Waals surface area contributed by atoms with Crippen LogP contribution in [-0.4, -0.2) is 35.9 Å². The van der Waals surface area contributed by atoms with E-state index in [1.165, 1.54) is 18.9 Å². The third-order valence-electron chi connectivity index (χ3n) is 4.10. The molecule has 1 heterocycles. The Kier molecular flexibility index (Phi) is 5.41. The maximum absolute atomic E-state index is 12.6. The second-order valence-electron chi connectivity index (χ2n) is 5.76. The number of rotatable bonds is 4. The lowest BCUT2D eigenvalue weighted by atomic mass is 10.0. The van der Waals surface area contributed by atoms with Crippen LogP contribution in [0.5, 0.6) is 0 Å². The topological polar surface area (TPSA) is 70.4 Å². The number of hydrogen-bond donors (Lipinski definition) is 0. The lowest BCUT2D eigenvalue weighted by Gasteiger charge is -2.07. The number of carbonyl (C=O) groups is 2. The highest BCUT2D eigenvalue weighted by atomic mass is 79.9. The number of halogens is 1. The number of carbonyl (C=O) groups excluding carboxylic acids is 2. The molecule has 0 bridgehead atoms. The summed E-state index contributed by atoms with van der Waals surface area (Å²) >= 11 is 3.43. The summed E-state index contributed by atoms with van der Waals surface area (Å²) in [5, 5.41) is 4.58. The van der Waals surface area contributed by atoms with Crippen molar-refractivity contribution in [1.82, 2.24) is 9.78 Å². The smallest absolute Gasteiger partial charge is 0.357 e. The molecule has 0 aliphatic rings. The van der Waals surface area contributed by atoms with Gasteiger partial charge in [0.15, 0.2) is 5.69 Å². The van der Waals surface area contributed by atoms with E-state index in [0.717, 1.165) is 15.6 Å². The van der Waals surface area contributed by atoms with Gasteiger partial charge in [0.2, 0.25) is 0 Å². The lowest BCUT2D eigenvalue weighted by molar-refractivity contribution is 0.0549. The van der Waals surface area contributed by atoms with Gasteiger partial charge in [-0.2, -0.15) is 5.10 Å². The molecule has 3 rings (SSSR count). The number of aromatic nitrogens is 2. The van der Waals surface area contributed by atoms with Crippen molar-refractivity contribution in [3.8, 4) is 16.9 Å². The van der Waals surface area contributed by atoms with Gasteiger partial charge in [-0.1, -0.05) is 40.2 Å². The van der Waals surface area contributed by atoms with Crippen molar-refractivity contribution in [2.24, 2.45) is 0 Å². The SMILES string of the molecule is COC(=O)c1c(-c2ccc(Br)cc2C)nn(-c2ccccc2)c1C(=O)OC. The fourth-order valence-corrected chi connectivity index (χ4v) is 3.31. The van der Waals surface area contributed by atoms with E-state index in [2.05, 4.69) is 21.0 Å². The molecule has 0 saturated heterocycles. The monoisotopic (exact) mass is 428 g/mol. The second-order valence-corrected chi connectivity index (χ2v) is 6.68. The molecule has 0 radical (unpaired) electrons. The zero-order valence-corrected chi connectivity index (χ0v) is 16.6. The van der Waals surface area contributed by atoms with Gasteiger partial charge in [-0.05, 0) is 36.8 Å². The molecule has 0 N–H and O–H groups in total. The Labute approximate surface area is 164 Å². The van der Waals surface area contributed by atoms with Gasteiger partial charge in [0, 0.05) is 10.0 Å². The molecule has 3 aromatic rings. The van der Waals surface area contributed by atoms with Crippen LogP contribution in [0.4, 0.5) is 0 Å². The molecule has 138 valence electrons. The Hall–Kier alpha value is -2.93. The minimum Gasteiger partial charge on any atom is -0.465 e. The van der Waals surface area contributed by atoms with Gasteiger partial charge in [-0.25, -0.2) is 14.3 Å². The molecule has 0 unspecified atom stereocenters. The molecule has 7 heteroatoms. The maximum Gasteiger partial charge on any atom is 0.357 e. The largest absolute Gasteiger partial charge is 0.465 e. The van der Waals surface area contributed by atoms with E-state index in [1.54, 1.807) is 12.1 Å². The molecule has 0 aliphatic carbocycles. The van der Waals surface area contributed by atoms with Crippen molar-refractivity contribution >= 4 is 27.9 Å². The second kappa shape index (κ2) is 7.75. The van der Waals surface area contributed by atoms with Gasteiger partial charge >= 0.3 is 11.9 Å². The van der Waals surface area contributed by atoms with Crippen molar-refractivity contribution in [2.45, 2.75) is 6.92 Å². The molecule has 0 aliphatic heterocycles. The Morgan fingerprint density at radius 1 is 1.00 bits per heavy atom. The Morgan fingerprint density at radius 2 is 1.67 bits per heavy atom. The first-order chi connectivity index (χ1) is 13.0. The van der Waals surface area contributed by atoms with Crippen molar-refractivity contribution in [1.29, 1.82) is 0 Å². The average molecular weight is 429 g/mol. The fraction of sp³-hybridized carbons (Fsp3) is 0.150. The molecule has 0 fully saturated rings. The van der Waals surface area contributed by atoms with Crippen LogP contribution in [0.2, 0.25) is 0 Å². The van der Waals surface area contributed by atoms with E-state index >= 15 is 0 Å². The summed E-state index contributed by atoms with van der Waals surface area (Å²) in [4.78, 5) is 25.1. The van der Waals surface area contributed by atoms with Gasteiger partial charge in [-0.3, -0.25) is 0 Å². The van der Waals surface area contributed by atoms with E-state index in [0.29, 0.717) is 11.4 Å². The third kappa shape index (κ3) is 3.50. The van der Waals surface area contributed by atoms with Crippen LogP contribution in [0.1, 0.15) is 26.4 Å². The number of para-hydroxylation sites is 1. The minimum absolute atomic E-state index is 0.0212. The fourth-order valence-electron chi connectivity index (χ4n) is 2.84. The van der Waals surface area contributed by atoms with Crippen LogP contribution in [0.25, 0.3) is 16.9 Å². The number of aryl methyl sites for hydroxylation is 1. The molecule has 27 heavy (non-hydrogen) atoms. The van der Waals surface area contributed by atoms with E-state index in [1.807, 2.05) is 43.3 Å². The summed E-state index contributed by atoms with van der Waals surface area (Å²) in [6, 6.07) is 14.7. The summed E-state index contributed by atoms with van der Waals surface area (Å²) in [5.74, 6) is -1.33. The van der Waals surface area contributed by atoms with Gasteiger partial charge in [0.25, 0.3) is 0 Å². The molecule has 0 amide bonds. The summed E-state index contributed by atoms with van der Waals surface area (Å²) in [6.07, 6.45) is 0. The summed E-state index contributed by atoms with van der Waals surface area (Å²) in [5.41, 5.74) is 2.69. The van der Waals surface area contributed by atoms with Crippen LogP contribution in [0, 0.1) is 6.92 Å². The minimum atomic E-state index is -0.673. The summed E-state index contributed by atoms with van der Waals surface area (Å²) in [7, 11) is 2.53. The molecule has 2 aromatic carbocycles. The number of ether oxygens (including phenoxy) is 2. The zero-order chi connectivity index (χ0) is 19.6. The molecular weight excluding hydrogens is 412 g/mol. The van der Waals surface area contributed by atoms with Crippen LogP contribution in [-0.2, 0) is 9.47 Å².